The fourth-order valence-electron chi connectivity index (χ4n) is 0.894. The molecule has 0 aliphatic heterocycles. The molecule has 0 aliphatic carbocycles. The highest BCUT2D eigenvalue weighted by Crippen LogP contribution is 2.17. The summed E-state index contributed by atoms with van der Waals surface area (Å²) in [6.07, 6.45) is 2.70. The molecule has 0 spiro atoms. The average Bonchev–Trinajstić information content (AvgIpc) is 2.18. The third-order valence-corrected chi connectivity index (χ3v) is 1.50. The number of nitro groups is 1. The van der Waals surface area contributed by atoms with Crippen molar-refractivity contribution in [3.63, 3.8) is 0 Å². The van der Waals surface area contributed by atoms with Gasteiger partial charge in [0.1, 0.15) is 11.5 Å². The lowest BCUT2D eigenvalue weighted by molar-refractivity contribution is -0.385. The van der Waals surface area contributed by atoms with Gasteiger partial charge in [-0.2, -0.15) is 0 Å². The number of aromatic nitrogens is 1. The van der Waals surface area contributed by atoms with Gasteiger partial charge in [-0.1, -0.05) is 0 Å². The van der Waals surface area contributed by atoms with Crippen LogP contribution in [0.3, 0.4) is 0 Å². The van der Waals surface area contributed by atoms with Crippen LogP contribution in [0.1, 0.15) is 12.6 Å². The van der Waals surface area contributed by atoms with Crippen LogP contribution in [0.2, 0.25) is 0 Å². The normalized spacial score (nSPS) is 11.1. The molecule has 0 radical (unpaired) electrons. The fourth-order valence-corrected chi connectivity index (χ4v) is 0.894. The summed E-state index contributed by atoms with van der Waals surface area (Å²) in [6, 6.07) is 2.79. The van der Waals surface area contributed by atoms with Gasteiger partial charge in [-0.15, -0.1) is 0 Å². The van der Waals surface area contributed by atoms with Gasteiger partial charge in [0.25, 0.3) is 5.69 Å². The molecule has 0 atom stereocenters. The second kappa shape index (κ2) is 4.33. The Labute approximate surface area is 79.5 Å². The van der Waals surface area contributed by atoms with Crippen molar-refractivity contribution in [1.82, 2.24) is 4.98 Å². The van der Waals surface area contributed by atoms with E-state index in [1.807, 2.05) is 0 Å². The standard InChI is InChI=1S/C8H8N2O4/c1-6(14-13)5-7-8(10(11)12)3-2-4-9-7/h2-5,13H,1H3/b6-5+. The predicted molar refractivity (Wildman–Crippen MR) is 48.3 cm³/mol. The van der Waals surface area contributed by atoms with Gasteiger partial charge in [0, 0.05) is 18.3 Å². The van der Waals surface area contributed by atoms with E-state index in [0.29, 0.717) is 0 Å². The van der Waals surface area contributed by atoms with Crippen LogP contribution in [0.25, 0.3) is 6.08 Å². The average molecular weight is 196 g/mol. The van der Waals surface area contributed by atoms with Crippen molar-refractivity contribution in [2.24, 2.45) is 0 Å². The molecular weight excluding hydrogens is 188 g/mol. The first-order chi connectivity index (χ1) is 6.65. The second-order valence-electron chi connectivity index (χ2n) is 2.51. The van der Waals surface area contributed by atoms with Crippen molar-refractivity contribution in [1.29, 1.82) is 0 Å². The summed E-state index contributed by atoms with van der Waals surface area (Å²) < 4.78 is 0. The lowest BCUT2D eigenvalue weighted by Crippen LogP contribution is -1.94. The summed E-state index contributed by atoms with van der Waals surface area (Å²) in [7, 11) is 0. The van der Waals surface area contributed by atoms with Crippen molar-refractivity contribution in [3.05, 3.63) is 39.9 Å². The first-order valence-corrected chi connectivity index (χ1v) is 3.74. The van der Waals surface area contributed by atoms with Crippen LogP contribution < -0.4 is 0 Å². The zero-order chi connectivity index (χ0) is 10.6. The molecular formula is C8H8N2O4. The maximum absolute atomic E-state index is 10.5. The Morgan fingerprint density at radius 3 is 3.07 bits per heavy atom. The lowest BCUT2D eigenvalue weighted by atomic mass is 10.3. The number of allylic oxidation sites excluding steroid dienone is 1. The minimum absolute atomic E-state index is 0.131. The molecule has 1 aromatic rings. The highest BCUT2D eigenvalue weighted by Gasteiger charge is 2.11. The van der Waals surface area contributed by atoms with Gasteiger partial charge in [0.05, 0.1) is 4.92 Å². The zero-order valence-electron chi connectivity index (χ0n) is 7.38. The van der Waals surface area contributed by atoms with Crippen LogP contribution in [-0.4, -0.2) is 15.2 Å². The van der Waals surface area contributed by atoms with Gasteiger partial charge in [-0.3, -0.25) is 10.1 Å². The maximum atomic E-state index is 10.5. The van der Waals surface area contributed by atoms with E-state index in [4.69, 9.17) is 5.26 Å². The van der Waals surface area contributed by atoms with Crippen LogP contribution in [0.4, 0.5) is 5.69 Å². The summed E-state index contributed by atoms with van der Waals surface area (Å²) in [5.41, 5.74) is 0.00736. The molecule has 1 N–H and O–H groups in total. The van der Waals surface area contributed by atoms with Gasteiger partial charge < -0.3 is 4.89 Å². The molecule has 1 heterocycles. The van der Waals surface area contributed by atoms with Crippen molar-refractivity contribution in [2.45, 2.75) is 6.92 Å². The highest BCUT2D eigenvalue weighted by molar-refractivity contribution is 5.57. The quantitative estimate of drug-likeness (QED) is 0.345. The number of rotatable bonds is 3. The fraction of sp³-hybridized carbons (Fsp3) is 0.125. The molecule has 0 unspecified atom stereocenters. The summed E-state index contributed by atoms with van der Waals surface area (Å²) in [5, 5.41) is 18.8. The second-order valence-corrected chi connectivity index (χ2v) is 2.51. The van der Waals surface area contributed by atoms with E-state index in [2.05, 4.69) is 9.87 Å². The molecule has 0 amide bonds. The molecule has 74 valence electrons. The Kier molecular flexibility index (Phi) is 3.14. The van der Waals surface area contributed by atoms with E-state index in [-0.39, 0.29) is 17.1 Å². The van der Waals surface area contributed by atoms with Crippen LogP contribution in [0, 0.1) is 10.1 Å². The Balaban J connectivity index is 3.14. The molecule has 0 fully saturated rings. The number of nitrogens with zero attached hydrogens (tertiary/aromatic N) is 2. The zero-order valence-corrected chi connectivity index (χ0v) is 7.38. The summed E-state index contributed by atoms with van der Waals surface area (Å²) >= 11 is 0. The van der Waals surface area contributed by atoms with E-state index in [9.17, 15) is 10.1 Å². The topological polar surface area (TPSA) is 85.5 Å². The van der Waals surface area contributed by atoms with Gasteiger partial charge in [-0.25, -0.2) is 10.2 Å². The molecule has 1 aromatic heterocycles. The summed E-state index contributed by atoms with van der Waals surface area (Å²) in [6.45, 7) is 1.46. The van der Waals surface area contributed by atoms with Crippen molar-refractivity contribution >= 4 is 11.8 Å². The Morgan fingerprint density at radius 1 is 1.79 bits per heavy atom. The summed E-state index contributed by atoms with van der Waals surface area (Å²) in [4.78, 5) is 17.6. The molecule has 0 aliphatic rings. The van der Waals surface area contributed by atoms with Crippen molar-refractivity contribution < 1.29 is 15.1 Å². The molecule has 6 heteroatoms. The number of pyridine rings is 1. The Morgan fingerprint density at radius 2 is 2.50 bits per heavy atom. The summed E-state index contributed by atoms with van der Waals surface area (Å²) in [5.74, 6) is 0.131. The third kappa shape index (κ3) is 2.27. The Bertz CT molecular complexity index is 375. The van der Waals surface area contributed by atoms with E-state index in [0.717, 1.165) is 0 Å². The van der Waals surface area contributed by atoms with E-state index < -0.39 is 4.92 Å². The van der Waals surface area contributed by atoms with Crippen LogP contribution in [-0.2, 0) is 4.89 Å². The smallest absolute Gasteiger partial charge is 0.294 e. The van der Waals surface area contributed by atoms with Crippen LogP contribution >= 0.6 is 0 Å². The largest absolute Gasteiger partial charge is 0.345 e. The number of hydrogen-bond donors (Lipinski definition) is 1. The van der Waals surface area contributed by atoms with Gasteiger partial charge in [-0.05, 0) is 13.0 Å². The van der Waals surface area contributed by atoms with Crippen molar-refractivity contribution in [3.8, 4) is 0 Å². The van der Waals surface area contributed by atoms with E-state index in [1.165, 1.54) is 31.3 Å². The van der Waals surface area contributed by atoms with Crippen LogP contribution in [0.5, 0.6) is 0 Å². The first-order valence-electron chi connectivity index (χ1n) is 3.74. The van der Waals surface area contributed by atoms with Crippen molar-refractivity contribution in [2.75, 3.05) is 0 Å². The molecule has 14 heavy (non-hydrogen) atoms. The third-order valence-electron chi connectivity index (χ3n) is 1.50. The molecule has 0 aromatic carbocycles. The van der Waals surface area contributed by atoms with E-state index >= 15 is 0 Å². The molecule has 0 bridgehead atoms. The Hall–Kier alpha value is -1.95. The van der Waals surface area contributed by atoms with Crippen LogP contribution in [0.15, 0.2) is 24.1 Å². The lowest BCUT2D eigenvalue weighted by Gasteiger charge is -1.97. The van der Waals surface area contributed by atoms with Gasteiger partial charge in [0.2, 0.25) is 0 Å². The SMILES string of the molecule is C/C(=C\c1ncccc1[N+](=O)[O-])OO. The maximum Gasteiger partial charge on any atom is 0.294 e. The monoisotopic (exact) mass is 196 g/mol. The minimum atomic E-state index is -0.552. The van der Waals surface area contributed by atoms with E-state index in [1.54, 1.807) is 0 Å². The van der Waals surface area contributed by atoms with Gasteiger partial charge in [0.15, 0.2) is 0 Å². The molecule has 0 saturated heterocycles. The molecule has 1 rings (SSSR count). The first kappa shape index (κ1) is 10.1. The minimum Gasteiger partial charge on any atom is -0.345 e. The highest BCUT2D eigenvalue weighted by atomic mass is 17.1. The predicted octanol–water partition coefficient (Wildman–Crippen LogP) is 1.84. The number of hydrogen-bond acceptors (Lipinski definition) is 5. The molecule has 6 nitrogen and oxygen atoms in total. The molecule has 0 saturated carbocycles. The van der Waals surface area contributed by atoms with Gasteiger partial charge >= 0.3 is 0 Å².